The van der Waals surface area contributed by atoms with E-state index in [0.717, 1.165) is 44.1 Å². The Morgan fingerprint density at radius 2 is 1.70 bits per heavy atom. The third-order valence-electron chi connectivity index (χ3n) is 4.96. The summed E-state index contributed by atoms with van der Waals surface area (Å²) in [6, 6.07) is 0. The second-order valence-electron chi connectivity index (χ2n) is 7.54. The summed E-state index contributed by atoms with van der Waals surface area (Å²) in [5.74, 6) is -0.287. The van der Waals surface area contributed by atoms with Crippen LogP contribution < -0.4 is 0 Å². The molecular weight excluding hydrogens is 288 g/mol. The molecule has 0 spiro atoms. The molecule has 2 rings (SSSR count). The number of fused-ring (bicyclic) bond motifs is 1. The second-order valence-corrected chi connectivity index (χ2v) is 7.54. The average Bonchev–Trinajstić information content (AvgIpc) is 2.78. The van der Waals surface area contributed by atoms with E-state index in [2.05, 4.69) is 26.0 Å². The zero-order valence-corrected chi connectivity index (χ0v) is 14.9. The van der Waals surface area contributed by atoms with Gasteiger partial charge in [-0.25, -0.2) is 4.79 Å². The van der Waals surface area contributed by atoms with Crippen LogP contribution in [0.1, 0.15) is 66.2 Å². The van der Waals surface area contributed by atoms with Crippen molar-refractivity contribution in [1.82, 2.24) is 0 Å². The molecule has 0 aromatic carbocycles. The first kappa shape index (κ1) is 18.0. The predicted octanol–water partition coefficient (Wildman–Crippen LogP) is 4.47. The highest BCUT2D eigenvalue weighted by Crippen LogP contribution is 2.34. The van der Waals surface area contributed by atoms with E-state index in [0.29, 0.717) is 0 Å². The van der Waals surface area contributed by atoms with Crippen LogP contribution in [0.25, 0.3) is 0 Å². The van der Waals surface area contributed by atoms with E-state index in [4.69, 9.17) is 4.74 Å². The molecular formula is C20H30O3. The second kappa shape index (κ2) is 7.48. The summed E-state index contributed by atoms with van der Waals surface area (Å²) in [4.78, 5) is 12.1. The van der Waals surface area contributed by atoms with Gasteiger partial charge in [-0.05, 0) is 72.3 Å². The minimum Gasteiger partial charge on any atom is -0.454 e. The van der Waals surface area contributed by atoms with Crippen LogP contribution in [0.4, 0.5) is 0 Å². The van der Waals surface area contributed by atoms with Gasteiger partial charge in [0.25, 0.3) is 0 Å². The van der Waals surface area contributed by atoms with Crippen molar-refractivity contribution < 1.29 is 14.6 Å². The molecule has 0 aromatic heterocycles. The number of carbonyl (C=O) groups excluding carboxylic acids is 1. The Labute approximate surface area is 140 Å². The van der Waals surface area contributed by atoms with E-state index in [-0.39, 0.29) is 18.0 Å². The number of hydrogen-bond acceptors (Lipinski definition) is 3. The third kappa shape index (κ3) is 5.07. The van der Waals surface area contributed by atoms with Gasteiger partial charge in [0.1, 0.15) is 6.10 Å². The van der Waals surface area contributed by atoms with E-state index in [9.17, 15) is 9.90 Å². The molecule has 2 atom stereocenters. The molecule has 1 aliphatic carbocycles. The molecule has 3 heteroatoms. The molecule has 1 unspecified atom stereocenters. The maximum absolute atomic E-state index is 12.1. The summed E-state index contributed by atoms with van der Waals surface area (Å²) in [6.07, 6.45) is 11.6. The molecule has 1 N–H and O–H groups in total. The van der Waals surface area contributed by atoms with Crippen LogP contribution in [0, 0.1) is 5.92 Å². The van der Waals surface area contributed by atoms with Gasteiger partial charge in [-0.3, -0.25) is 0 Å². The molecule has 2 bridgehead atoms. The van der Waals surface area contributed by atoms with Crippen molar-refractivity contribution in [2.45, 2.75) is 77.9 Å². The standard InChI is InChI=1S/C20H30O3/c1-14-7-5-8-15(2)11-12-17(20(3,4)22)18-13-16(10-6-9-14)19(21)23-18/h8-9,13,17-18,22H,5-7,10-12H2,1-4H3/b14-9-,15-8?/t17?,18-/m0/s1. The number of ether oxygens (including phenoxy) is 1. The van der Waals surface area contributed by atoms with E-state index in [1.807, 2.05) is 19.9 Å². The summed E-state index contributed by atoms with van der Waals surface area (Å²) in [7, 11) is 0. The van der Waals surface area contributed by atoms with Crippen LogP contribution in [0.5, 0.6) is 0 Å². The van der Waals surface area contributed by atoms with Gasteiger partial charge in [-0.2, -0.15) is 0 Å². The smallest absolute Gasteiger partial charge is 0.334 e. The molecule has 0 aromatic rings. The Morgan fingerprint density at radius 3 is 2.35 bits per heavy atom. The first-order valence-corrected chi connectivity index (χ1v) is 8.72. The number of rotatable bonds is 1. The van der Waals surface area contributed by atoms with E-state index < -0.39 is 5.60 Å². The van der Waals surface area contributed by atoms with E-state index in [1.54, 1.807) is 0 Å². The Bertz CT molecular complexity index is 532. The molecule has 23 heavy (non-hydrogen) atoms. The Balaban J connectivity index is 2.25. The maximum Gasteiger partial charge on any atom is 0.334 e. The number of esters is 1. The lowest BCUT2D eigenvalue weighted by atomic mass is 9.81. The molecule has 0 fully saturated rings. The molecule has 0 amide bonds. The molecule has 1 aliphatic heterocycles. The highest BCUT2D eigenvalue weighted by molar-refractivity contribution is 5.90. The van der Waals surface area contributed by atoms with Crippen LogP contribution in [0.3, 0.4) is 0 Å². The summed E-state index contributed by atoms with van der Waals surface area (Å²) in [5.41, 5.74) is 2.62. The number of carbonyl (C=O) groups is 1. The van der Waals surface area contributed by atoms with Crippen LogP contribution in [-0.2, 0) is 9.53 Å². The van der Waals surface area contributed by atoms with Gasteiger partial charge in [-0.1, -0.05) is 23.3 Å². The highest BCUT2D eigenvalue weighted by Gasteiger charge is 2.38. The average molecular weight is 318 g/mol. The van der Waals surface area contributed by atoms with E-state index in [1.165, 1.54) is 11.1 Å². The van der Waals surface area contributed by atoms with Gasteiger partial charge in [-0.15, -0.1) is 0 Å². The topological polar surface area (TPSA) is 46.5 Å². The van der Waals surface area contributed by atoms with Gasteiger partial charge in [0, 0.05) is 11.5 Å². The first-order chi connectivity index (χ1) is 10.8. The first-order valence-electron chi connectivity index (χ1n) is 8.72. The zero-order valence-electron chi connectivity index (χ0n) is 14.9. The molecule has 128 valence electrons. The van der Waals surface area contributed by atoms with Crippen molar-refractivity contribution in [2.75, 3.05) is 0 Å². The minimum absolute atomic E-state index is 0.0764. The number of allylic oxidation sites excluding steroid dienone is 4. The largest absolute Gasteiger partial charge is 0.454 e. The number of hydrogen-bond donors (Lipinski definition) is 1. The minimum atomic E-state index is -0.870. The van der Waals surface area contributed by atoms with Crippen molar-refractivity contribution >= 4 is 5.97 Å². The molecule has 1 heterocycles. The quantitative estimate of drug-likeness (QED) is 0.573. The SMILES string of the molecule is CC1=CCC/C(C)=C\CCC2=C[C@H](OC2=O)C(C(C)(C)O)CC1. The Hall–Kier alpha value is -1.35. The van der Waals surface area contributed by atoms with Gasteiger partial charge >= 0.3 is 5.97 Å². The lowest BCUT2D eigenvalue weighted by Crippen LogP contribution is -2.39. The van der Waals surface area contributed by atoms with E-state index >= 15 is 0 Å². The molecule has 0 saturated carbocycles. The fraction of sp³-hybridized carbons (Fsp3) is 0.650. The summed E-state index contributed by atoms with van der Waals surface area (Å²) in [6.45, 7) is 7.93. The van der Waals surface area contributed by atoms with Crippen LogP contribution >= 0.6 is 0 Å². The van der Waals surface area contributed by atoms with Gasteiger partial charge in [0.15, 0.2) is 0 Å². The van der Waals surface area contributed by atoms with Crippen LogP contribution in [0.15, 0.2) is 34.9 Å². The maximum atomic E-state index is 12.1. The summed E-state index contributed by atoms with van der Waals surface area (Å²) >= 11 is 0. The van der Waals surface area contributed by atoms with Crippen molar-refractivity contribution in [2.24, 2.45) is 5.92 Å². The van der Waals surface area contributed by atoms with Gasteiger partial charge in [0.05, 0.1) is 5.60 Å². The molecule has 3 nitrogen and oxygen atoms in total. The van der Waals surface area contributed by atoms with Crippen molar-refractivity contribution in [3.05, 3.63) is 34.9 Å². The lowest BCUT2D eigenvalue weighted by Gasteiger charge is -2.32. The van der Waals surface area contributed by atoms with Crippen LogP contribution in [0.2, 0.25) is 0 Å². The van der Waals surface area contributed by atoms with Crippen LogP contribution in [-0.4, -0.2) is 22.8 Å². The molecule has 0 saturated heterocycles. The fourth-order valence-corrected chi connectivity index (χ4v) is 3.41. The Kier molecular flexibility index (Phi) is 5.85. The third-order valence-corrected chi connectivity index (χ3v) is 4.96. The summed E-state index contributed by atoms with van der Waals surface area (Å²) in [5, 5.41) is 10.5. The normalized spacial score (nSPS) is 29.8. The zero-order chi connectivity index (χ0) is 17.0. The number of aliphatic hydroxyl groups is 1. The fourth-order valence-electron chi connectivity index (χ4n) is 3.41. The predicted molar refractivity (Wildman–Crippen MR) is 93.0 cm³/mol. The van der Waals surface area contributed by atoms with Gasteiger partial charge < -0.3 is 9.84 Å². The van der Waals surface area contributed by atoms with Gasteiger partial charge in [0.2, 0.25) is 0 Å². The molecule has 0 radical (unpaired) electrons. The van der Waals surface area contributed by atoms with Crippen molar-refractivity contribution in [1.29, 1.82) is 0 Å². The Morgan fingerprint density at radius 1 is 1.09 bits per heavy atom. The van der Waals surface area contributed by atoms with Crippen molar-refractivity contribution in [3.63, 3.8) is 0 Å². The van der Waals surface area contributed by atoms with Crippen molar-refractivity contribution in [3.8, 4) is 0 Å². The lowest BCUT2D eigenvalue weighted by molar-refractivity contribution is -0.145. The monoisotopic (exact) mass is 318 g/mol. The molecule has 2 aliphatic rings. The summed E-state index contributed by atoms with van der Waals surface area (Å²) < 4.78 is 5.57. The highest BCUT2D eigenvalue weighted by atomic mass is 16.5.